The fraction of sp³-hybridized carbons (Fsp3) is 0.949. The second kappa shape index (κ2) is 50.3. The van der Waals surface area contributed by atoms with Gasteiger partial charge < -0.3 is 14.2 Å². The molecule has 6 heteroatoms. The Kier molecular flexibility index (Phi) is 49.1. The van der Waals surface area contributed by atoms with E-state index < -0.39 is 6.10 Å². The van der Waals surface area contributed by atoms with Crippen molar-refractivity contribution in [2.45, 2.75) is 330 Å². The summed E-state index contributed by atoms with van der Waals surface area (Å²) in [6.07, 6.45) is 52.2. The SMILES string of the molecule is CCC(C)CCCCCCCCCCCCCCCCC(=O)O[C@@H](COC(=O)CCCCCCCCCCCCCCC(C)C)COC(=O)CCCCCCCCCCCCC(C)CC. The topological polar surface area (TPSA) is 78.9 Å². The summed E-state index contributed by atoms with van der Waals surface area (Å²) in [5.74, 6) is 1.75. The monoisotopic (exact) mass is 919 g/mol. The maximum atomic E-state index is 12.9. The Hall–Kier alpha value is -1.59. The Labute approximate surface area is 406 Å². The van der Waals surface area contributed by atoms with Gasteiger partial charge in [-0.15, -0.1) is 0 Å². The lowest BCUT2D eigenvalue weighted by molar-refractivity contribution is -0.167. The summed E-state index contributed by atoms with van der Waals surface area (Å²) in [6.45, 7) is 13.8. The number of hydrogen-bond acceptors (Lipinski definition) is 6. The number of hydrogen-bond donors (Lipinski definition) is 0. The van der Waals surface area contributed by atoms with Crippen molar-refractivity contribution >= 4 is 17.9 Å². The van der Waals surface area contributed by atoms with Gasteiger partial charge in [-0.05, 0) is 37.0 Å². The molecular formula is C59H114O6. The molecule has 0 aliphatic carbocycles. The predicted octanol–water partition coefficient (Wildman–Crippen LogP) is 19.1. The van der Waals surface area contributed by atoms with E-state index in [0.717, 1.165) is 75.5 Å². The van der Waals surface area contributed by atoms with Crippen LogP contribution in [0, 0.1) is 17.8 Å². The Morgan fingerprint density at radius 1 is 0.308 bits per heavy atom. The molecule has 65 heavy (non-hydrogen) atoms. The van der Waals surface area contributed by atoms with Gasteiger partial charge in [0.25, 0.3) is 0 Å². The van der Waals surface area contributed by atoms with E-state index in [1.807, 2.05) is 0 Å². The van der Waals surface area contributed by atoms with E-state index in [9.17, 15) is 14.4 Å². The predicted molar refractivity (Wildman–Crippen MR) is 279 cm³/mol. The highest BCUT2D eigenvalue weighted by atomic mass is 16.6. The van der Waals surface area contributed by atoms with Crippen molar-refractivity contribution in [2.75, 3.05) is 13.2 Å². The summed E-state index contributed by atoms with van der Waals surface area (Å²) in [5.41, 5.74) is 0. The van der Waals surface area contributed by atoms with Crippen LogP contribution >= 0.6 is 0 Å². The third-order valence-corrected chi connectivity index (χ3v) is 14.1. The van der Waals surface area contributed by atoms with Crippen LogP contribution in [0.1, 0.15) is 324 Å². The normalized spacial score (nSPS) is 13.0. The summed E-state index contributed by atoms with van der Waals surface area (Å²) in [6, 6.07) is 0. The molecule has 0 bridgehead atoms. The van der Waals surface area contributed by atoms with Gasteiger partial charge in [0, 0.05) is 19.3 Å². The zero-order chi connectivity index (χ0) is 47.7. The van der Waals surface area contributed by atoms with Crippen LogP contribution in [0.25, 0.3) is 0 Å². The summed E-state index contributed by atoms with van der Waals surface area (Å²) < 4.78 is 16.9. The first-order valence-electron chi connectivity index (χ1n) is 29.2. The van der Waals surface area contributed by atoms with Gasteiger partial charge in [-0.3, -0.25) is 14.4 Å². The Morgan fingerprint density at radius 2 is 0.538 bits per heavy atom. The van der Waals surface area contributed by atoms with Crippen molar-refractivity contribution in [1.29, 1.82) is 0 Å². The second-order valence-corrected chi connectivity index (χ2v) is 21.2. The molecule has 0 aromatic heterocycles. The number of carbonyl (C=O) groups excluding carboxylic acids is 3. The van der Waals surface area contributed by atoms with Gasteiger partial charge >= 0.3 is 17.9 Å². The molecule has 0 amide bonds. The second-order valence-electron chi connectivity index (χ2n) is 21.2. The smallest absolute Gasteiger partial charge is 0.306 e. The van der Waals surface area contributed by atoms with Crippen LogP contribution in [0.4, 0.5) is 0 Å². The molecule has 0 saturated heterocycles. The Balaban J connectivity index is 4.32. The number of carbonyl (C=O) groups is 3. The maximum absolute atomic E-state index is 12.9. The van der Waals surface area contributed by atoms with Crippen LogP contribution in [-0.4, -0.2) is 37.2 Å². The summed E-state index contributed by atoms with van der Waals surface area (Å²) >= 11 is 0. The number of unbranched alkanes of at least 4 members (excludes halogenated alkanes) is 33. The van der Waals surface area contributed by atoms with Crippen molar-refractivity contribution in [1.82, 2.24) is 0 Å². The molecule has 2 unspecified atom stereocenters. The van der Waals surface area contributed by atoms with Gasteiger partial charge in [-0.25, -0.2) is 0 Å². The van der Waals surface area contributed by atoms with Gasteiger partial charge in [0.1, 0.15) is 13.2 Å². The van der Waals surface area contributed by atoms with Crippen LogP contribution in [0.15, 0.2) is 0 Å². The Bertz CT molecular complexity index is 1010. The first-order chi connectivity index (χ1) is 31.7. The fourth-order valence-electron chi connectivity index (χ4n) is 8.93. The maximum Gasteiger partial charge on any atom is 0.306 e. The largest absolute Gasteiger partial charge is 0.462 e. The van der Waals surface area contributed by atoms with Crippen LogP contribution in [0.3, 0.4) is 0 Å². The van der Waals surface area contributed by atoms with Crippen LogP contribution in [0.2, 0.25) is 0 Å². The van der Waals surface area contributed by atoms with Crippen molar-refractivity contribution in [3.05, 3.63) is 0 Å². The molecule has 0 rings (SSSR count). The van der Waals surface area contributed by atoms with Crippen molar-refractivity contribution < 1.29 is 28.6 Å². The zero-order valence-corrected chi connectivity index (χ0v) is 44.8. The van der Waals surface area contributed by atoms with E-state index >= 15 is 0 Å². The van der Waals surface area contributed by atoms with Crippen LogP contribution in [0.5, 0.6) is 0 Å². The minimum atomic E-state index is -0.764. The van der Waals surface area contributed by atoms with Gasteiger partial charge in [-0.2, -0.15) is 0 Å². The highest BCUT2D eigenvalue weighted by Crippen LogP contribution is 2.19. The number of ether oxygens (including phenoxy) is 3. The molecule has 0 aliphatic heterocycles. The molecule has 0 saturated carbocycles. The molecule has 6 nitrogen and oxygen atoms in total. The molecule has 0 aromatic rings. The van der Waals surface area contributed by atoms with Gasteiger partial charge in [0.05, 0.1) is 0 Å². The standard InChI is InChI=1S/C59H114O6/c1-7-54(5)46-40-34-28-22-16-11-9-10-12-18-26-32-38-44-50-59(62)65-56(52-64-58(61)49-43-37-31-25-20-19-23-29-35-41-47-55(6)8-2)51-63-57(60)48-42-36-30-24-17-14-13-15-21-27-33-39-45-53(3)4/h53-56H,7-52H2,1-6H3/t54?,55?,56-/m0/s1. The van der Waals surface area contributed by atoms with Crippen LogP contribution < -0.4 is 0 Å². The van der Waals surface area contributed by atoms with Crippen LogP contribution in [-0.2, 0) is 28.6 Å². The van der Waals surface area contributed by atoms with E-state index in [1.54, 1.807) is 0 Å². The lowest BCUT2D eigenvalue weighted by atomic mass is 9.99. The number of esters is 3. The first-order valence-corrected chi connectivity index (χ1v) is 29.2. The molecule has 0 aromatic carbocycles. The average Bonchev–Trinajstić information content (AvgIpc) is 3.29. The quantitative estimate of drug-likeness (QED) is 0.0344. The lowest BCUT2D eigenvalue weighted by Crippen LogP contribution is -2.30. The van der Waals surface area contributed by atoms with Crippen molar-refractivity contribution in [3.8, 4) is 0 Å². The summed E-state index contributed by atoms with van der Waals surface area (Å²) in [7, 11) is 0. The van der Waals surface area contributed by atoms with Crippen molar-refractivity contribution in [3.63, 3.8) is 0 Å². The molecule has 0 N–H and O–H groups in total. The highest BCUT2D eigenvalue weighted by Gasteiger charge is 2.19. The first kappa shape index (κ1) is 63.4. The number of rotatable bonds is 52. The third kappa shape index (κ3) is 50.1. The van der Waals surface area contributed by atoms with E-state index in [4.69, 9.17) is 14.2 Å². The highest BCUT2D eigenvalue weighted by molar-refractivity contribution is 5.71. The van der Waals surface area contributed by atoms with E-state index in [-0.39, 0.29) is 31.1 Å². The molecule has 0 aliphatic rings. The summed E-state index contributed by atoms with van der Waals surface area (Å²) in [4.78, 5) is 38.2. The molecule has 0 spiro atoms. The molecule has 3 atom stereocenters. The minimum Gasteiger partial charge on any atom is -0.462 e. The zero-order valence-electron chi connectivity index (χ0n) is 44.8. The average molecular weight is 920 g/mol. The minimum absolute atomic E-state index is 0.0637. The Morgan fingerprint density at radius 3 is 0.800 bits per heavy atom. The molecule has 0 radical (unpaired) electrons. The van der Waals surface area contributed by atoms with E-state index in [2.05, 4.69) is 41.5 Å². The van der Waals surface area contributed by atoms with E-state index in [1.165, 1.54) is 205 Å². The van der Waals surface area contributed by atoms with Gasteiger partial charge in [0.2, 0.25) is 0 Å². The molecule has 0 fully saturated rings. The van der Waals surface area contributed by atoms with Gasteiger partial charge in [-0.1, -0.05) is 286 Å². The molecular weight excluding hydrogens is 805 g/mol. The molecule has 0 heterocycles. The van der Waals surface area contributed by atoms with Gasteiger partial charge in [0.15, 0.2) is 6.10 Å². The fourth-order valence-corrected chi connectivity index (χ4v) is 8.93. The molecule has 386 valence electrons. The summed E-state index contributed by atoms with van der Waals surface area (Å²) in [5, 5.41) is 0. The third-order valence-electron chi connectivity index (χ3n) is 14.1. The van der Waals surface area contributed by atoms with E-state index in [0.29, 0.717) is 19.3 Å². The lowest BCUT2D eigenvalue weighted by Gasteiger charge is -2.18. The van der Waals surface area contributed by atoms with Crippen molar-refractivity contribution in [2.24, 2.45) is 17.8 Å².